The van der Waals surface area contributed by atoms with E-state index in [2.05, 4.69) is 9.67 Å². The molecule has 0 radical (unpaired) electrons. The molecule has 0 aromatic carbocycles. The molecule has 7 heteroatoms. The summed E-state index contributed by atoms with van der Waals surface area (Å²) in [6.07, 6.45) is 11.0. The van der Waals surface area contributed by atoms with E-state index in [1.165, 1.54) is 18.5 Å². The van der Waals surface area contributed by atoms with Gasteiger partial charge in [0.1, 0.15) is 5.82 Å². The second kappa shape index (κ2) is 6.65. The van der Waals surface area contributed by atoms with Gasteiger partial charge in [-0.05, 0) is 56.9 Å². The number of nitrogens with two attached hydrogens (primary N) is 2. The molecule has 0 bridgehead atoms. The number of nitrogens with zero attached hydrogens (tertiary/aromatic N) is 4. The van der Waals surface area contributed by atoms with Gasteiger partial charge in [-0.25, -0.2) is 9.97 Å². The summed E-state index contributed by atoms with van der Waals surface area (Å²) in [6, 6.07) is 2.59. The predicted octanol–water partition coefficient (Wildman–Crippen LogP) is 1.92. The smallest absolute Gasteiger partial charge is 0.148 e. The molecule has 0 atom stereocenters. The van der Waals surface area contributed by atoms with Gasteiger partial charge < -0.3 is 16.2 Å². The summed E-state index contributed by atoms with van der Waals surface area (Å²) in [4.78, 5) is 9.44. The molecule has 2 saturated carbocycles. The monoisotopic (exact) mass is 368 g/mol. The molecule has 4 N–H and O–H groups in total. The first-order chi connectivity index (χ1) is 13.1. The van der Waals surface area contributed by atoms with E-state index in [4.69, 9.17) is 26.3 Å². The molecular formula is C20H28N6O. The zero-order valence-corrected chi connectivity index (χ0v) is 15.7. The molecule has 0 spiro atoms. The molecule has 2 aromatic rings. The molecule has 2 aliphatic carbocycles. The van der Waals surface area contributed by atoms with E-state index < -0.39 is 5.54 Å². The minimum atomic E-state index is -0.472. The zero-order valence-electron chi connectivity index (χ0n) is 15.7. The van der Waals surface area contributed by atoms with Crippen molar-refractivity contribution in [3.63, 3.8) is 0 Å². The van der Waals surface area contributed by atoms with E-state index in [1.54, 1.807) is 0 Å². The predicted molar refractivity (Wildman–Crippen MR) is 102 cm³/mol. The Morgan fingerprint density at radius 1 is 1.19 bits per heavy atom. The highest BCUT2D eigenvalue weighted by molar-refractivity contribution is 5.61. The Bertz CT molecular complexity index is 818. The van der Waals surface area contributed by atoms with Crippen LogP contribution in [0, 0.1) is 5.92 Å². The Balaban J connectivity index is 1.48. The van der Waals surface area contributed by atoms with Crippen molar-refractivity contribution in [3.05, 3.63) is 30.0 Å². The van der Waals surface area contributed by atoms with Gasteiger partial charge in [-0.2, -0.15) is 5.10 Å². The molecule has 7 nitrogen and oxygen atoms in total. The quantitative estimate of drug-likeness (QED) is 0.835. The fourth-order valence-electron chi connectivity index (χ4n) is 4.21. The molecule has 3 aliphatic rings. The van der Waals surface area contributed by atoms with Crippen LogP contribution in [0.2, 0.25) is 0 Å². The van der Waals surface area contributed by atoms with Gasteiger partial charge in [0.05, 0.1) is 36.7 Å². The first-order valence-electron chi connectivity index (χ1n) is 10.1. The van der Waals surface area contributed by atoms with Gasteiger partial charge >= 0.3 is 0 Å². The lowest BCUT2D eigenvalue weighted by atomic mass is 9.80. The van der Waals surface area contributed by atoms with Crippen molar-refractivity contribution < 1.29 is 4.74 Å². The van der Waals surface area contributed by atoms with Gasteiger partial charge in [0, 0.05) is 23.5 Å². The maximum atomic E-state index is 6.68. The topological polar surface area (TPSA) is 105 Å². The molecule has 2 aromatic heterocycles. The van der Waals surface area contributed by atoms with Crippen LogP contribution in [0.15, 0.2) is 18.5 Å². The second-order valence-electron chi connectivity index (χ2n) is 8.55. The number of rotatable bonds is 5. The summed E-state index contributed by atoms with van der Waals surface area (Å²) in [5.74, 6) is 1.52. The molecule has 5 rings (SSSR count). The lowest BCUT2D eigenvalue weighted by Gasteiger charge is -2.34. The normalized spacial score (nSPS) is 28.9. The Morgan fingerprint density at radius 2 is 1.96 bits per heavy atom. The molecule has 3 heterocycles. The van der Waals surface area contributed by atoms with Gasteiger partial charge in [0.15, 0.2) is 0 Å². The van der Waals surface area contributed by atoms with E-state index in [0.717, 1.165) is 68.3 Å². The first-order valence-corrected chi connectivity index (χ1v) is 10.1. The van der Waals surface area contributed by atoms with Crippen LogP contribution in [0.4, 0.5) is 0 Å². The molecule has 0 amide bonds. The molecule has 1 saturated heterocycles. The summed E-state index contributed by atoms with van der Waals surface area (Å²) in [7, 11) is 0. The maximum absolute atomic E-state index is 6.68. The van der Waals surface area contributed by atoms with Crippen LogP contribution >= 0.6 is 0 Å². The second-order valence-corrected chi connectivity index (χ2v) is 8.55. The maximum Gasteiger partial charge on any atom is 0.148 e. The standard InChI is InChI=1S/C20H28N6O/c21-14-3-6-20(22,7-4-14)19-23-8-5-17(25-19)16-10-24-26(15-11-27-12-15)18(16)9-13-1-2-13/h5,8,10,13-15H,1-4,6-7,9,11-12,21-22H2. The lowest BCUT2D eigenvalue weighted by molar-refractivity contribution is -0.0298. The molecular weight excluding hydrogens is 340 g/mol. The highest BCUT2D eigenvalue weighted by atomic mass is 16.5. The Labute approximate surface area is 159 Å². The van der Waals surface area contributed by atoms with E-state index in [9.17, 15) is 0 Å². The molecule has 27 heavy (non-hydrogen) atoms. The summed E-state index contributed by atoms with van der Waals surface area (Å²) < 4.78 is 7.55. The summed E-state index contributed by atoms with van der Waals surface area (Å²) in [6.45, 7) is 1.50. The van der Waals surface area contributed by atoms with Gasteiger partial charge in [-0.3, -0.25) is 4.68 Å². The van der Waals surface area contributed by atoms with Crippen LogP contribution in [-0.2, 0) is 16.7 Å². The minimum Gasteiger partial charge on any atom is -0.377 e. The van der Waals surface area contributed by atoms with E-state index in [1.807, 2.05) is 18.5 Å². The lowest BCUT2D eigenvalue weighted by Crippen LogP contribution is -2.44. The number of ether oxygens (including phenoxy) is 1. The van der Waals surface area contributed by atoms with Crippen molar-refractivity contribution in [1.82, 2.24) is 19.7 Å². The average Bonchev–Trinajstić information content (AvgIpc) is 3.37. The summed E-state index contributed by atoms with van der Waals surface area (Å²) >= 11 is 0. The summed E-state index contributed by atoms with van der Waals surface area (Å²) in [5, 5.41) is 4.69. The van der Waals surface area contributed by atoms with Gasteiger partial charge in [-0.1, -0.05) is 0 Å². The fourth-order valence-corrected chi connectivity index (χ4v) is 4.21. The Morgan fingerprint density at radius 3 is 2.63 bits per heavy atom. The van der Waals surface area contributed by atoms with E-state index in [0.29, 0.717) is 6.04 Å². The van der Waals surface area contributed by atoms with Crippen molar-refractivity contribution >= 4 is 0 Å². The van der Waals surface area contributed by atoms with Crippen LogP contribution in [-0.4, -0.2) is 39.0 Å². The largest absolute Gasteiger partial charge is 0.377 e. The SMILES string of the molecule is NC1CCC(N)(c2nccc(-c3cnn(C4COC4)c3CC3CC3)n2)CC1. The van der Waals surface area contributed by atoms with Gasteiger partial charge in [-0.15, -0.1) is 0 Å². The molecule has 0 unspecified atom stereocenters. The van der Waals surface area contributed by atoms with Crippen LogP contribution in [0.5, 0.6) is 0 Å². The highest BCUT2D eigenvalue weighted by Crippen LogP contribution is 2.38. The van der Waals surface area contributed by atoms with Gasteiger partial charge in [0.25, 0.3) is 0 Å². The minimum absolute atomic E-state index is 0.248. The average molecular weight is 368 g/mol. The fraction of sp³-hybridized carbons (Fsp3) is 0.650. The van der Waals surface area contributed by atoms with Crippen molar-refractivity contribution in [1.29, 1.82) is 0 Å². The van der Waals surface area contributed by atoms with Crippen LogP contribution < -0.4 is 11.5 Å². The van der Waals surface area contributed by atoms with E-state index in [-0.39, 0.29) is 6.04 Å². The zero-order chi connectivity index (χ0) is 18.4. The number of hydrogen-bond acceptors (Lipinski definition) is 6. The van der Waals surface area contributed by atoms with Crippen molar-refractivity contribution in [2.45, 2.75) is 62.6 Å². The molecule has 144 valence electrons. The Kier molecular flexibility index (Phi) is 4.26. The van der Waals surface area contributed by atoms with Crippen LogP contribution in [0.25, 0.3) is 11.3 Å². The third-order valence-electron chi connectivity index (χ3n) is 6.34. The Hall–Kier alpha value is -1.83. The van der Waals surface area contributed by atoms with E-state index >= 15 is 0 Å². The third kappa shape index (κ3) is 3.28. The van der Waals surface area contributed by atoms with Crippen LogP contribution in [0.1, 0.15) is 56.1 Å². The number of aromatic nitrogens is 4. The van der Waals surface area contributed by atoms with Crippen LogP contribution in [0.3, 0.4) is 0 Å². The van der Waals surface area contributed by atoms with Crippen molar-refractivity contribution in [3.8, 4) is 11.3 Å². The summed E-state index contributed by atoms with van der Waals surface area (Å²) in [5.41, 5.74) is 15.6. The third-order valence-corrected chi connectivity index (χ3v) is 6.34. The molecule has 3 fully saturated rings. The number of hydrogen-bond donors (Lipinski definition) is 2. The van der Waals surface area contributed by atoms with Gasteiger partial charge in [0.2, 0.25) is 0 Å². The van der Waals surface area contributed by atoms with Crippen molar-refractivity contribution in [2.75, 3.05) is 13.2 Å². The highest BCUT2D eigenvalue weighted by Gasteiger charge is 2.35. The first kappa shape index (κ1) is 17.3. The van der Waals surface area contributed by atoms with Crippen molar-refractivity contribution in [2.24, 2.45) is 17.4 Å². The molecule has 1 aliphatic heterocycles.